The highest BCUT2D eigenvalue weighted by Crippen LogP contribution is 2.10. The lowest BCUT2D eigenvalue weighted by Gasteiger charge is -2.18. The average Bonchev–Trinajstić information content (AvgIpc) is 3.17. The Morgan fingerprint density at radius 3 is 2.59 bits per heavy atom. The molecule has 1 aromatic carbocycles. The molecule has 0 atom stereocenters. The van der Waals surface area contributed by atoms with Gasteiger partial charge < -0.3 is 15.5 Å². The van der Waals surface area contributed by atoms with Crippen molar-refractivity contribution in [2.24, 2.45) is 4.99 Å². The Balaban J connectivity index is 0.00000364. The van der Waals surface area contributed by atoms with Crippen LogP contribution in [0.4, 0.5) is 0 Å². The Labute approximate surface area is 180 Å². The van der Waals surface area contributed by atoms with E-state index >= 15 is 0 Å². The molecule has 0 fully saturated rings. The second-order valence-electron chi connectivity index (χ2n) is 6.48. The lowest BCUT2D eigenvalue weighted by Crippen LogP contribution is -2.40. The van der Waals surface area contributed by atoms with E-state index in [2.05, 4.69) is 63.9 Å². The molecule has 0 unspecified atom stereocenters. The highest BCUT2D eigenvalue weighted by molar-refractivity contribution is 14.0. The van der Waals surface area contributed by atoms with Crippen LogP contribution in [0.2, 0.25) is 0 Å². The number of nitrogens with zero attached hydrogens (tertiary/aromatic N) is 4. The number of halogens is 1. The van der Waals surface area contributed by atoms with Crippen molar-refractivity contribution in [3.8, 4) is 0 Å². The average molecular weight is 484 g/mol. The van der Waals surface area contributed by atoms with Gasteiger partial charge in [-0.1, -0.05) is 37.6 Å². The van der Waals surface area contributed by atoms with Gasteiger partial charge in [0.15, 0.2) is 5.96 Å². The molecule has 0 bridgehead atoms. The molecule has 27 heavy (non-hydrogen) atoms. The molecule has 0 aliphatic rings. The first-order chi connectivity index (χ1) is 12.7. The van der Waals surface area contributed by atoms with Crippen LogP contribution in [0.25, 0.3) is 0 Å². The zero-order valence-corrected chi connectivity index (χ0v) is 19.0. The van der Waals surface area contributed by atoms with Gasteiger partial charge in [0.05, 0.1) is 6.54 Å². The van der Waals surface area contributed by atoms with Gasteiger partial charge in [-0.05, 0) is 37.2 Å². The van der Waals surface area contributed by atoms with E-state index in [0.29, 0.717) is 0 Å². The van der Waals surface area contributed by atoms with Crippen molar-refractivity contribution in [1.82, 2.24) is 25.3 Å². The fourth-order valence-corrected chi connectivity index (χ4v) is 2.76. The predicted octanol–water partition coefficient (Wildman–Crippen LogP) is 2.95. The number of hydrogen-bond acceptors (Lipinski definition) is 3. The van der Waals surface area contributed by atoms with Crippen molar-refractivity contribution in [3.05, 3.63) is 53.9 Å². The first-order valence-electron chi connectivity index (χ1n) is 9.40. The highest BCUT2D eigenvalue weighted by Gasteiger charge is 2.05. The zero-order chi connectivity index (χ0) is 18.6. The monoisotopic (exact) mass is 484 g/mol. The molecule has 6 nitrogen and oxygen atoms in total. The van der Waals surface area contributed by atoms with Crippen molar-refractivity contribution in [2.75, 3.05) is 33.7 Å². The van der Waals surface area contributed by atoms with Crippen molar-refractivity contribution >= 4 is 29.9 Å². The summed E-state index contributed by atoms with van der Waals surface area (Å²) in [5.74, 6) is 0.836. The standard InChI is InChI=1S/C20H32N6.HI/c1-4-5-13-25(3)15-12-22-20(21-2)23-16-18-9-6-7-10-19(18)17-26-14-8-11-24-26;/h6-11,14H,4-5,12-13,15-17H2,1-3H3,(H2,21,22,23);1H. The molecule has 0 radical (unpaired) electrons. The maximum Gasteiger partial charge on any atom is 0.191 e. The van der Waals surface area contributed by atoms with Gasteiger partial charge in [-0.15, -0.1) is 24.0 Å². The van der Waals surface area contributed by atoms with Gasteiger partial charge >= 0.3 is 0 Å². The van der Waals surface area contributed by atoms with Crippen molar-refractivity contribution in [1.29, 1.82) is 0 Å². The smallest absolute Gasteiger partial charge is 0.191 e. The second kappa shape index (κ2) is 13.5. The summed E-state index contributed by atoms with van der Waals surface area (Å²) in [6.45, 7) is 6.78. The lowest BCUT2D eigenvalue weighted by atomic mass is 10.1. The van der Waals surface area contributed by atoms with Gasteiger partial charge in [0, 0.05) is 39.1 Å². The number of rotatable bonds is 10. The molecule has 0 spiro atoms. The normalized spacial score (nSPS) is 11.3. The molecule has 0 amide bonds. The fraction of sp³-hybridized carbons (Fsp3) is 0.500. The summed E-state index contributed by atoms with van der Waals surface area (Å²) < 4.78 is 1.94. The van der Waals surface area contributed by atoms with Crippen LogP contribution in [-0.2, 0) is 13.1 Å². The summed E-state index contributed by atoms with van der Waals surface area (Å²) in [7, 11) is 3.98. The molecule has 2 rings (SSSR count). The van der Waals surface area contributed by atoms with Crippen LogP contribution in [0.3, 0.4) is 0 Å². The molecule has 7 heteroatoms. The summed E-state index contributed by atoms with van der Waals surface area (Å²) in [5.41, 5.74) is 2.52. The molecule has 2 aromatic rings. The molecular weight excluding hydrogens is 451 g/mol. The van der Waals surface area contributed by atoms with Crippen LogP contribution in [0.5, 0.6) is 0 Å². The van der Waals surface area contributed by atoms with E-state index < -0.39 is 0 Å². The van der Waals surface area contributed by atoms with Gasteiger partial charge in [-0.25, -0.2) is 0 Å². The fourth-order valence-electron chi connectivity index (χ4n) is 2.76. The number of guanidine groups is 1. The van der Waals surface area contributed by atoms with Gasteiger partial charge in [0.2, 0.25) is 0 Å². The molecule has 0 aliphatic carbocycles. The highest BCUT2D eigenvalue weighted by atomic mass is 127. The number of benzene rings is 1. The van der Waals surface area contributed by atoms with E-state index in [4.69, 9.17) is 0 Å². The number of aliphatic imine (C=N–C) groups is 1. The number of hydrogen-bond donors (Lipinski definition) is 2. The number of likely N-dealkylation sites (N-methyl/N-ethyl adjacent to an activating group) is 1. The van der Waals surface area contributed by atoms with Crippen molar-refractivity contribution in [3.63, 3.8) is 0 Å². The number of unbranched alkanes of at least 4 members (excludes halogenated alkanes) is 1. The molecule has 0 aliphatic heterocycles. The lowest BCUT2D eigenvalue weighted by molar-refractivity contribution is 0.332. The molecule has 1 aromatic heterocycles. The summed E-state index contributed by atoms with van der Waals surface area (Å²) in [5, 5.41) is 11.1. The molecule has 1 heterocycles. The van der Waals surface area contributed by atoms with Crippen LogP contribution in [0, 0.1) is 0 Å². The SMILES string of the molecule is CCCCN(C)CCNC(=NC)NCc1ccccc1Cn1cccn1.I. The predicted molar refractivity (Wildman–Crippen MR) is 124 cm³/mol. The minimum atomic E-state index is 0. The van der Waals surface area contributed by atoms with Crippen molar-refractivity contribution in [2.45, 2.75) is 32.9 Å². The van der Waals surface area contributed by atoms with E-state index in [-0.39, 0.29) is 24.0 Å². The Bertz CT molecular complexity index is 656. The van der Waals surface area contributed by atoms with Crippen LogP contribution in [0.15, 0.2) is 47.7 Å². The second-order valence-corrected chi connectivity index (χ2v) is 6.48. The van der Waals surface area contributed by atoms with E-state index in [0.717, 1.165) is 38.7 Å². The Morgan fingerprint density at radius 1 is 1.15 bits per heavy atom. The van der Waals surface area contributed by atoms with E-state index in [1.165, 1.54) is 24.0 Å². The summed E-state index contributed by atoms with van der Waals surface area (Å²) in [6, 6.07) is 10.4. The Morgan fingerprint density at radius 2 is 1.93 bits per heavy atom. The largest absolute Gasteiger partial charge is 0.355 e. The Hall–Kier alpha value is -1.61. The first kappa shape index (κ1) is 23.4. The molecule has 0 saturated carbocycles. The molecular formula is C20H33IN6. The third-order valence-electron chi connectivity index (χ3n) is 4.36. The molecule has 2 N–H and O–H groups in total. The van der Waals surface area contributed by atoms with E-state index in [1.807, 2.05) is 30.2 Å². The zero-order valence-electron chi connectivity index (χ0n) is 16.7. The minimum Gasteiger partial charge on any atom is -0.355 e. The van der Waals surface area contributed by atoms with E-state index in [9.17, 15) is 0 Å². The van der Waals surface area contributed by atoms with Gasteiger partial charge in [-0.2, -0.15) is 5.10 Å². The van der Waals surface area contributed by atoms with Crippen molar-refractivity contribution < 1.29 is 0 Å². The summed E-state index contributed by atoms with van der Waals surface area (Å²) in [4.78, 5) is 6.68. The van der Waals surface area contributed by atoms with Gasteiger partial charge in [-0.3, -0.25) is 9.67 Å². The summed E-state index contributed by atoms with van der Waals surface area (Å²) in [6.07, 6.45) is 6.28. The van der Waals surface area contributed by atoms with Gasteiger partial charge in [0.1, 0.15) is 0 Å². The number of nitrogens with one attached hydrogen (secondary N) is 2. The Kier molecular flexibility index (Phi) is 11.8. The topological polar surface area (TPSA) is 57.5 Å². The maximum atomic E-state index is 4.33. The molecule has 0 saturated heterocycles. The number of aromatic nitrogens is 2. The van der Waals surface area contributed by atoms with Crippen LogP contribution in [-0.4, -0.2) is 54.4 Å². The van der Waals surface area contributed by atoms with Crippen LogP contribution < -0.4 is 10.6 Å². The quantitative estimate of drug-likeness (QED) is 0.310. The van der Waals surface area contributed by atoms with Crippen LogP contribution >= 0.6 is 24.0 Å². The maximum absolute atomic E-state index is 4.33. The first-order valence-corrected chi connectivity index (χ1v) is 9.40. The third-order valence-corrected chi connectivity index (χ3v) is 4.36. The van der Waals surface area contributed by atoms with E-state index in [1.54, 1.807) is 0 Å². The molecule has 150 valence electrons. The minimum absolute atomic E-state index is 0. The third kappa shape index (κ3) is 8.75. The van der Waals surface area contributed by atoms with Gasteiger partial charge in [0.25, 0.3) is 0 Å². The summed E-state index contributed by atoms with van der Waals surface area (Å²) >= 11 is 0. The van der Waals surface area contributed by atoms with Crippen LogP contribution in [0.1, 0.15) is 30.9 Å².